The van der Waals surface area contributed by atoms with E-state index in [9.17, 15) is 10.3 Å². The number of pyridine rings is 1. The summed E-state index contributed by atoms with van der Waals surface area (Å²) in [5, 5.41) is 9.04. The second-order valence-electron chi connectivity index (χ2n) is 4.26. The first-order valence-corrected chi connectivity index (χ1v) is 6.56. The molecule has 0 unspecified atom stereocenters. The van der Waals surface area contributed by atoms with Crippen LogP contribution in [0.1, 0.15) is 18.1 Å². The van der Waals surface area contributed by atoms with E-state index in [1.165, 1.54) is 6.07 Å². The fraction of sp³-hybridized carbons (Fsp3) is 0.125. The minimum absolute atomic E-state index is 0.148. The number of ether oxygens (including phenoxy) is 1. The van der Waals surface area contributed by atoms with Gasteiger partial charge in [0.2, 0.25) is 0 Å². The zero-order valence-corrected chi connectivity index (χ0v) is 11.9. The van der Waals surface area contributed by atoms with Crippen molar-refractivity contribution in [3.63, 3.8) is 0 Å². The Bertz CT molecular complexity index is 788. The number of carbonyl (C=O) groups is 1. The van der Waals surface area contributed by atoms with Crippen molar-refractivity contribution in [3.05, 3.63) is 59.3 Å². The Kier molecular flexibility index (Phi) is 4.76. The smallest absolute Gasteiger partial charge is 0.422 e. The lowest BCUT2D eigenvalue weighted by atomic mass is 9.97. The predicted octanol–water partition coefficient (Wildman–Crippen LogP) is 2.20. The summed E-state index contributed by atoms with van der Waals surface area (Å²) in [7, 11) is 0. The molecule has 0 amide bonds. The molecule has 0 saturated heterocycles. The molecule has 6 heteroatoms. The lowest BCUT2D eigenvalue weighted by Gasteiger charge is -2.06. The highest BCUT2D eigenvalue weighted by molar-refractivity contribution is 6.42. The van der Waals surface area contributed by atoms with Gasteiger partial charge in [0.1, 0.15) is 0 Å². The Hall–Kier alpha value is -3.29. The standard InChI is InChI=1S/C16H12N4O2/c1-2-22-16(21)15(20-18)13-9-11(10-17)6-7-12(13)14-5-3-4-8-19-14/h3-9H,2H2,1H3. The summed E-state index contributed by atoms with van der Waals surface area (Å²) in [4.78, 5) is 19.2. The number of nitrogens with zero attached hydrogens (tertiary/aromatic N) is 4. The minimum Gasteiger partial charge on any atom is -0.457 e. The zero-order valence-electron chi connectivity index (χ0n) is 11.9. The van der Waals surface area contributed by atoms with Crippen LogP contribution in [0.4, 0.5) is 0 Å². The minimum atomic E-state index is -0.766. The van der Waals surface area contributed by atoms with Gasteiger partial charge < -0.3 is 10.3 Å². The van der Waals surface area contributed by atoms with Crippen LogP contribution in [0, 0.1) is 11.3 Å². The molecule has 1 heterocycles. The Morgan fingerprint density at radius 2 is 2.23 bits per heavy atom. The number of aromatic nitrogens is 1. The number of benzene rings is 1. The average molecular weight is 292 g/mol. The molecule has 2 rings (SSSR count). The van der Waals surface area contributed by atoms with E-state index in [1.807, 2.05) is 6.07 Å². The molecule has 0 atom stereocenters. The molecule has 0 aliphatic heterocycles. The van der Waals surface area contributed by atoms with Crippen molar-refractivity contribution in [2.75, 3.05) is 6.61 Å². The highest BCUT2D eigenvalue weighted by atomic mass is 16.5. The summed E-state index contributed by atoms with van der Waals surface area (Å²) in [6.45, 7) is 1.80. The zero-order chi connectivity index (χ0) is 15.9. The monoisotopic (exact) mass is 292 g/mol. The van der Waals surface area contributed by atoms with Gasteiger partial charge in [-0.2, -0.15) is 10.1 Å². The molecule has 1 aromatic heterocycles. The third kappa shape index (κ3) is 3.06. The van der Waals surface area contributed by atoms with Crippen LogP contribution >= 0.6 is 0 Å². The molecule has 22 heavy (non-hydrogen) atoms. The van der Waals surface area contributed by atoms with Crippen molar-refractivity contribution in [2.45, 2.75) is 6.92 Å². The second kappa shape index (κ2) is 6.93. The predicted molar refractivity (Wildman–Crippen MR) is 78.7 cm³/mol. The molecule has 0 spiro atoms. The third-order valence-electron chi connectivity index (χ3n) is 2.91. The number of rotatable bonds is 4. The first-order chi connectivity index (χ1) is 10.7. The van der Waals surface area contributed by atoms with Crippen molar-refractivity contribution in [3.8, 4) is 17.3 Å². The Balaban J connectivity index is 2.65. The van der Waals surface area contributed by atoms with Gasteiger partial charge in [-0.05, 0) is 31.2 Å². The Morgan fingerprint density at radius 1 is 1.41 bits per heavy atom. The summed E-state index contributed by atoms with van der Waals surface area (Å²) in [6, 6.07) is 12.0. The van der Waals surface area contributed by atoms with Crippen molar-refractivity contribution in [1.29, 1.82) is 5.26 Å². The molecule has 6 nitrogen and oxygen atoms in total. The van der Waals surface area contributed by atoms with Gasteiger partial charge in [0, 0.05) is 11.8 Å². The largest absolute Gasteiger partial charge is 0.457 e. The van der Waals surface area contributed by atoms with E-state index < -0.39 is 5.97 Å². The molecule has 108 valence electrons. The van der Waals surface area contributed by atoms with Crippen LogP contribution in [0.2, 0.25) is 0 Å². The summed E-state index contributed by atoms with van der Waals surface area (Å²) in [6.07, 6.45) is 1.61. The van der Waals surface area contributed by atoms with Crippen LogP contribution in [0.5, 0.6) is 0 Å². The van der Waals surface area contributed by atoms with Crippen LogP contribution in [0.25, 0.3) is 16.8 Å². The van der Waals surface area contributed by atoms with E-state index in [1.54, 1.807) is 43.5 Å². The number of hydrogen-bond donors (Lipinski definition) is 0. The first kappa shape index (κ1) is 15.1. The molecule has 0 aliphatic carbocycles. The Morgan fingerprint density at radius 3 is 2.82 bits per heavy atom. The summed E-state index contributed by atoms with van der Waals surface area (Å²) in [5.74, 6) is -0.766. The maximum Gasteiger partial charge on any atom is 0.422 e. The van der Waals surface area contributed by atoms with Crippen LogP contribution in [-0.4, -0.2) is 28.1 Å². The van der Waals surface area contributed by atoms with E-state index in [0.717, 1.165) is 0 Å². The van der Waals surface area contributed by atoms with E-state index in [0.29, 0.717) is 22.4 Å². The van der Waals surface area contributed by atoms with Gasteiger partial charge in [-0.25, -0.2) is 4.79 Å². The molecule has 0 bridgehead atoms. The molecular formula is C16H12N4O2. The van der Waals surface area contributed by atoms with Gasteiger partial charge >= 0.3 is 11.7 Å². The van der Waals surface area contributed by atoms with Gasteiger partial charge in [0.15, 0.2) is 0 Å². The van der Waals surface area contributed by atoms with Crippen molar-refractivity contribution in [1.82, 2.24) is 4.98 Å². The van der Waals surface area contributed by atoms with Crippen molar-refractivity contribution < 1.29 is 14.3 Å². The molecule has 0 fully saturated rings. The van der Waals surface area contributed by atoms with Crippen LogP contribution < -0.4 is 0 Å². The molecule has 1 aromatic carbocycles. The van der Waals surface area contributed by atoms with E-state index >= 15 is 0 Å². The van der Waals surface area contributed by atoms with Gasteiger partial charge in [-0.1, -0.05) is 12.1 Å². The normalized spacial score (nSPS) is 9.45. The molecule has 2 aromatic rings. The van der Waals surface area contributed by atoms with Gasteiger partial charge in [-0.3, -0.25) is 4.98 Å². The van der Waals surface area contributed by atoms with Gasteiger partial charge in [0.05, 0.1) is 29.5 Å². The SMILES string of the molecule is CCOC(=O)C(=[N+]=[N-])c1cc(C#N)ccc1-c1ccccn1. The molecule has 0 N–H and O–H groups in total. The lowest BCUT2D eigenvalue weighted by molar-refractivity contribution is -0.139. The highest BCUT2D eigenvalue weighted by Gasteiger charge is 2.28. The fourth-order valence-electron chi connectivity index (χ4n) is 1.96. The lowest BCUT2D eigenvalue weighted by Crippen LogP contribution is -2.21. The molecule has 0 saturated carbocycles. The number of carbonyl (C=O) groups excluding carboxylic acids is 1. The number of hydrogen-bond acceptors (Lipinski definition) is 4. The molecular weight excluding hydrogens is 280 g/mol. The third-order valence-corrected chi connectivity index (χ3v) is 2.91. The van der Waals surface area contributed by atoms with Crippen LogP contribution in [0.15, 0.2) is 42.6 Å². The first-order valence-electron chi connectivity index (χ1n) is 6.56. The number of nitriles is 1. The molecule has 0 radical (unpaired) electrons. The Labute approximate surface area is 127 Å². The van der Waals surface area contributed by atoms with E-state index in [-0.39, 0.29) is 12.3 Å². The van der Waals surface area contributed by atoms with Crippen LogP contribution in [-0.2, 0) is 9.53 Å². The topological polar surface area (TPSA) is 99.4 Å². The second-order valence-corrected chi connectivity index (χ2v) is 4.26. The van der Waals surface area contributed by atoms with Crippen LogP contribution in [0.3, 0.4) is 0 Å². The fourth-order valence-corrected chi connectivity index (χ4v) is 1.96. The van der Waals surface area contributed by atoms with E-state index in [4.69, 9.17) is 10.00 Å². The maximum absolute atomic E-state index is 11.9. The van der Waals surface area contributed by atoms with Crippen molar-refractivity contribution in [2.24, 2.45) is 0 Å². The number of esters is 1. The van der Waals surface area contributed by atoms with E-state index in [2.05, 4.69) is 9.77 Å². The van der Waals surface area contributed by atoms with Crippen molar-refractivity contribution >= 4 is 11.7 Å². The van der Waals surface area contributed by atoms with Gasteiger partial charge in [0.25, 0.3) is 0 Å². The maximum atomic E-state index is 11.9. The quantitative estimate of drug-likeness (QED) is 0.373. The average Bonchev–Trinajstić information content (AvgIpc) is 2.56. The summed E-state index contributed by atoms with van der Waals surface area (Å²) < 4.78 is 4.88. The summed E-state index contributed by atoms with van der Waals surface area (Å²) >= 11 is 0. The molecule has 0 aliphatic rings. The van der Waals surface area contributed by atoms with Gasteiger partial charge in [-0.15, -0.1) is 0 Å². The summed E-state index contributed by atoms with van der Waals surface area (Å²) in [5.41, 5.74) is 10.7. The highest BCUT2D eigenvalue weighted by Crippen LogP contribution is 2.23.